The van der Waals surface area contributed by atoms with Crippen LogP contribution >= 0.6 is 11.9 Å². The molecule has 1 saturated carbocycles. The zero-order chi connectivity index (χ0) is 10.7. The van der Waals surface area contributed by atoms with Gasteiger partial charge in [0, 0.05) is 4.90 Å². The van der Waals surface area contributed by atoms with Gasteiger partial charge in [0.2, 0.25) is 0 Å². The average molecular weight is 221 g/mol. The van der Waals surface area contributed by atoms with E-state index in [4.69, 9.17) is 0 Å². The van der Waals surface area contributed by atoms with Gasteiger partial charge in [-0.3, -0.25) is 0 Å². The van der Waals surface area contributed by atoms with Crippen molar-refractivity contribution in [1.82, 2.24) is 4.72 Å². The molecule has 80 valence electrons. The molecular weight excluding hydrogens is 206 g/mol. The minimum absolute atomic E-state index is 0.257. The Morgan fingerprint density at radius 3 is 2.67 bits per heavy atom. The van der Waals surface area contributed by atoms with Gasteiger partial charge >= 0.3 is 0 Å². The molecule has 0 aliphatic heterocycles. The maximum Gasteiger partial charge on any atom is 0.140 e. The zero-order valence-electron chi connectivity index (χ0n) is 8.82. The summed E-state index contributed by atoms with van der Waals surface area (Å²) in [6.07, 6.45) is 4.15. The fourth-order valence-corrected chi connectivity index (χ4v) is 2.57. The zero-order valence-corrected chi connectivity index (χ0v) is 9.64. The monoisotopic (exact) mass is 221 g/mol. The van der Waals surface area contributed by atoms with Crippen molar-refractivity contribution in [3.05, 3.63) is 29.8 Å². The number of aryl methyl sites for hydroxylation is 1. The number of benzene rings is 1. The Hall–Kier alpha value is -0.800. The Labute approximate surface area is 94.6 Å². The van der Waals surface area contributed by atoms with E-state index in [0.717, 1.165) is 25.5 Å². The Morgan fingerprint density at radius 2 is 2.13 bits per heavy atom. The summed E-state index contributed by atoms with van der Waals surface area (Å²) >= 11 is 1.57. The number of hydrogen-bond acceptors (Lipinski definition) is 3. The van der Waals surface area contributed by atoms with Crippen molar-refractivity contribution in [3.63, 3.8) is 0 Å². The van der Waals surface area contributed by atoms with E-state index in [1.807, 2.05) is 12.1 Å². The maximum atomic E-state index is 10.9. The van der Waals surface area contributed by atoms with Crippen molar-refractivity contribution in [2.24, 2.45) is 0 Å². The summed E-state index contributed by atoms with van der Waals surface area (Å²) < 4.78 is 3.29. The van der Waals surface area contributed by atoms with Crippen LogP contribution in [-0.2, 0) is 4.79 Å². The van der Waals surface area contributed by atoms with E-state index in [1.165, 1.54) is 10.5 Å². The number of aldehydes is 1. The summed E-state index contributed by atoms with van der Waals surface area (Å²) in [5.41, 5.74) is 0.989. The van der Waals surface area contributed by atoms with E-state index in [2.05, 4.69) is 23.8 Å². The number of carbonyl (C=O) groups excluding carboxylic acids is 1. The number of rotatable bonds is 4. The van der Waals surface area contributed by atoms with E-state index in [9.17, 15) is 4.79 Å². The lowest BCUT2D eigenvalue weighted by Gasteiger charge is -2.36. The molecule has 2 nitrogen and oxygen atoms in total. The highest BCUT2D eigenvalue weighted by Crippen LogP contribution is 2.33. The van der Waals surface area contributed by atoms with Gasteiger partial charge in [0.1, 0.15) is 6.29 Å². The molecule has 0 amide bonds. The minimum Gasteiger partial charge on any atom is -0.301 e. The molecule has 0 saturated heterocycles. The van der Waals surface area contributed by atoms with Crippen LogP contribution in [0.15, 0.2) is 29.2 Å². The van der Waals surface area contributed by atoms with Gasteiger partial charge in [-0.2, -0.15) is 0 Å². The van der Waals surface area contributed by atoms with Gasteiger partial charge in [0.25, 0.3) is 0 Å². The number of carbonyl (C=O) groups is 1. The number of nitrogens with one attached hydrogen (secondary N) is 1. The molecular formula is C12H15NOS. The third-order valence-corrected chi connectivity index (χ3v) is 4.12. The van der Waals surface area contributed by atoms with Gasteiger partial charge in [-0.25, -0.2) is 4.72 Å². The van der Waals surface area contributed by atoms with Crippen LogP contribution in [0.1, 0.15) is 24.8 Å². The van der Waals surface area contributed by atoms with Crippen LogP contribution in [-0.4, -0.2) is 11.8 Å². The highest BCUT2D eigenvalue weighted by atomic mass is 32.2. The normalized spacial score (nSPS) is 18.2. The molecule has 2 rings (SSSR count). The summed E-state index contributed by atoms with van der Waals surface area (Å²) in [5, 5.41) is 0. The van der Waals surface area contributed by atoms with E-state index >= 15 is 0 Å². The topological polar surface area (TPSA) is 29.1 Å². The van der Waals surface area contributed by atoms with Crippen molar-refractivity contribution < 1.29 is 4.79 Å². The van der Waals surface area contributed by atoms with Gasteiger partial charge in [0.05, 0.1) is 5.54 Å². The molecule has 0 aromatic heterocycles. The lowest BCUT2D eigenvalue weighted by atomic mass is 9.79. The van der Waals surface area contributed by atoms with Crippen molar-refractivity contribution in [3.8, 4) is 0 Å². The van der Waals surface area contributed by atoms with E-state index < -0.39 is 0 Å². The van der Waals surface area contributed by atoms with E-state index in [-0.39, 0.29) is 5.54 Å². The Morgan fingerprint density at radius 1 is 1.40 bits per heavy atom. The Balaban J connectivity index is 1.98. The van der Waals surface area contributed by atoms with E-state index in [0.29, 0.717) is 0 Å². The predicted molar refractivity (Wildman–Crippen MR) is 62.8 cm³/mol. The van der Waals surface area contributed by atoms with Gasteiger partial charge in [-0.15, -0.1) is 0 Å². The SMILES string of the molecule is Cc1ccccc1SNC1(C=O)CCC1. The molecule has 1 N–H and O–H groups in total. The first-order valence-corrected chi connectivity index (χ1v) is 6.03. The first kappa shape index (κ1) is 10.7. The average Bonchev–Trinajstić information content (AvgIpc) is 2.19. The van der Waals surface area contributed by atoms with Crippen LogP contribution in [0.2, 0.25) is 0 Å². The Kier molecular flexibility index (Phi) is 3.12. The highest BCUT2D eigenvalue weighted by molar-refractivity contribution is 7.97. The van der Waals surface area contributed by atoms with Gasteiger partial charge in [-0.1, -0.05) is 18.2 Å². The maximum absolute atomic E-state index is 10.9. The molecule has 1 fully saturated rings. The minimum atomic E-state index is -0.257. The lowest BCUT2D eigenvalue weighted by Crippen LogP contribution is -2.49. The van der Waals surface area contributed by atoms with Crippen molar-refractivity contribution in [2.45, 2.75) is 36.6 Å². The van der Waals surface area contributed by atoms with Crippen molar-refractivity contribution in [1.29, 1.82) is 0 Å². The molecule has 0 heterocycles. The molecule has 1 aromatic carbocycles. The molecule has 0 bridgehead atoms. The molecule has 1 aliphatic carbocycles. The standard InChI is InChI=1S/C12H15NOS/c1-10-5-2-3-6-11(10)15-13-12(9-14)7-4-8-12/h2-3,5-6,9,13H,4,7-8H2,1H3. The second-order valence-electron chi connectivity index (χ2n) is 4.10. The molecule has 0 spiro atoms. The summed E-state index contributed by atoms with van der Waals surface area (Å²) in [7, 11) is 0. The van der Waals surface area contributed by atoms with Crippen LogP contribution in [0, 0.1) is 6.92 Å². The van der Waals surface area contributed by atoms with Crippen LogP contribution in [0.3, 0.4) is 0 Å². The largest absolute Gasteiger partial charge is 0.301 e. The van der Waals surface area contributed by atoms with Crippen molar-refractivity contribution in [2.75, 3.05) is 0 Å². The Bertz CT molecular complexity index is 360. The fraction of sp³-hybridized carbons (Fsp3) is 0.417. The van der Waals surface area contributed by atoms with Crippen LogP contribution < -0.4 is 4.72 Å². The third kappa shape index (κ3) is 2.24. The van der Waals surface area contributed by atoms with Gasteiger partial charge in [0.15, 0.2) is 0 Å². The summed E-state index contributed by atoms with van der Waals surface area (Å²) in [5.74, 6) is 0. The predicted octanol–water partition coefficient (Wildman–Crippen LogP) is 2.71. The fourth-order valence-electron chi connectivity index (χ4n) is 1.63. The van der Waals surface area contributed by atoms with Gasteiger partial charge in [-0.05, 0) is 49.8 Å². The van der Waals surface area contributed by atoms with E-state index in [1.54, 1.807) is 11.9 Å². The molecule has 1 aliphatic rings. The molecule has 15 heavy (non-hydrogen) atoms. The highest BCUT2D eigenvalue weighted by Gasteiger charge is 2.36. The van der Waals surface area contributed by atoms with Gasteiger partial charge < -0.3 is 4.79 Å². The van der Waals surface area contributed by atoms with Crippen molar-refractivity contribution >= 4 is 18.2 Å². The first-order valence-electron chi connectivity index (χ1n) is 5.22. The summed E-state index contributed by atoms with van der Waals surface area (Å²) in [4.78, 5) is 12.1. The summed E-state index contributed by atoms with van der Waals surface area (Å²) in [6.45, 7) is 2.08. The smallest absolute Gasteiger partial charge is 0.140 e. The molecule has 0 radical (unpaired) electrons. The van der Waals surface area contributed by atoms with Crippen LogP contribution in [0.5, 0.6) is 0 Å². The lowest BCUT2D eigenvalue weighted by molar-refractivity contribution is -0.115. The number of hydrogen-bond donors (Lipinski definition) is 1. The molecule has 1 aromatic rings. The second-order valence-corrected chi connectivity index (χ2v) is 4.95. The molecule has 0 atom stereocenters. The summed E-state index contributed by atoms with van der Waals surface area (Å²) in [6, 6.07) is 8.20. The molecule has 0 unspecified atom stereocenters. The molecule has 3 heteroatoms. The quantitative estimate of drug-likeness (QED) is 0.626. The van der Waals surface area contributed by atoms with Crippen LogP contribution in [0.4, 0.5) is 0 Å². The second kappa shape index (κ2) is 4.37. The van der Waals surface area contributed by atoms with Crippen LogP contribution in [0.25, 0.3) is 0 Å². The third-order valence-electron chi connectivity index (χ3n) is 2.93. The first-order chi connectivity index (χ1) is 7.26.